The number of hydrogen-bond acceptors (Lipinski definition) is 3. The first-order valence-corrected chi connectivity index (χ1v) is 5.39. The Bertz CT molecular complexity index is 406. The molecule has 0 fully saturated rings. The highest BCUT2D eigenvalue weighted by Gasteiger charge is 2.08. The summed E-state index contributed by atoms with van der Waals surface area (Å²) in [5.74, 6) is -0.363. The van der Waals surface area contributed by atoms with Gasteiger partial charge in [-0.15, -0.1) is 0 Å². The molecule has 0 spiro atoms. The van der Waals surface area contributed by atoms with Gasteiger partial charge in [0.15, 0.2) is 0 Å². The molecule has 15 heavy (non-hydrogen) atoms. The van der Waals surface area contributed by atoms with Gasteiger partial charge >= 0.3 is 5.97 Å². The molecule has 0 aliphatic rings. The van der Waals surface area contributed by atoms with E-state index in [-0.39, 0.29) is 5.97 Å². The van der Waals surface area contributed by atoms with E-state index in [0.717, 1.165) is 10.0 Å². The number of thiocarbonyl (C=S) groups is 1. The van der Waals surface area contributed by atoms with Crippen molar-refractivity contribution >= 4 is 39.1 Å². The van der Waals surface area contributed by atoms with Gasteiger partial charge in [-0.1, -0.05) is 34.2 Å². The zero-order valence-corrected chi connectivity index (χ0v) is 10.5. The molecule has 0 saturated heterocycles. The van der Waals surface area contributed by atoms with Crippen molar-refractivity contribution < 1.29 is 9.53 Å². The van der Waals surface area contributed by atoms with Crippen LogP contribution in [0.1, 0.15) is 15.9 Å². The van der Waals surface area contributed by atoms with E-state index in [9.17, 15) is 4.79 Å². The average molecular weight is 288 g/mol. The lowest BCUT2D eigenvalue weighted by molar-refractivity contribution is 0.0600. The number of halogens is 1. The van der Waals surface area contributed by atoms with Crippen LogP contribution in [0.2, 0.25) is 0 Å². The van der Waals surface area contributed by atoms with Crippen LogP contribution >= 0.6 is 28.1 Å². The molecule has 0 saturated carbocycles. The van der Waals surface area contributed by atoms with Crippen LogP contribution in [0.25, 0.3) is 0 Å². The van der Waals surface area contributed by atoms with Crippen LogP contribution in [0.5, 0.6) is 0 Å². The van der Waals surface area contributed by atoms with Crippen molar-refractivity contribution in [1.82, 2.24) is 0 Å². The Morgan fingerprint density at radius 1 is 1.60 bits per heavy atom. The van der Waals surface area contributed by atoms with E-state index in [1.54, 1.807) is 18.2 Å². The average Bonchev–Trinajstić information content (AvgIpc) is 2.19. The maximum absolute atomic E-state index is 11.2. The summed E-state index contributed by atoms with van der Waals surface area (Å²) in [7, 11) is 1.35. The molecule has 5 heteroatoms. The van der Waals surface area contributed by atoms with Crippen molar-refractivity contribution in [3.05, 3.63) is 33.8 Å². The number of hydrogen-bond donors (Lipinski definition) is 1. The van der Waals surface area contributed by atoms with Crippen LogP contribution in [0.3, 0.4) is 0 Å². The molecule has 1 aromatic rings. The first-order valence-electron chi connectivity index (χ1n) is 4.19. The number of ether oxygens (including phenoxy) is 1. The van der Waals surface area contributed by atoms with E-state index in [2.05, 4.69) is 20.7 Å². The van der Waals surface area contributed by atoms with Crippen molar-refractivity contribution in [3.8, 4) is 0 Å². The van der Waals surface area contributed by atoms with Gasteiger partial charge in [0, 0.05) is 10.9 Å². The zero-order valence-electron chi connectivity index (χ0n) is 8.12. The highest BCUT2D eigenvalue weighted by Crippen LogP contribution is 2.19. The quantitative estimate of drug-likeness (QED) is 0.683. The summed E-state index contributed by atoms with van der Waals surface area (Å²) in [6, 6.07) is 5.18. The molecule has 0 bridgehead atoms. The Morgan fingerprint density at radius 2 is 2.27 bits per heavy atom. The van der Waals surface area contributed by atoms with Gasteiger partial charge in [0.1, 0.15) is 0 Å². The summed E-state index contributed by atoms with van der Waals surface area (Å²) in [5, 5.41) is 0. The fourth-order valence-corrected chi connectivity index (χ4v) is 1.80. The minimum absolute atomic E-state index is 0.363. The Morgan fingerprint density at radius 3 is 2.73 bits per heavy atom. The molecule has 0 aromatic heterocycles. The zero-order chi connectivity index (χ0) is 11.4. The van der Waals surface area contributed by atoms with Gasteiger partial charge in [-0.05, 0) is 17.7 Å². The van der Waals surface area contributed by atoms with Gasteiger partial charge in [0.25, 0.3) is 0 Å². The molecule has 0 aliphatic heterocycles. The summed E-state index contributed by atoms with van der Waals surface area (Å²) >= 11 is 8.16. The van der Waals surface area contributed by atoms with Gasteiger partial charge < -0.3 is 10.5 Å². The van der Waals surface area contributed by atoms with Gasteiger partial charge in [-0.3, -0.25) is 0 Å². The lowest BCUT2D eigenvalue weighted by atomic mass is 10.1. The van der Waals surface area contributed by atoms with E-state index in [1.807, 2.05) is 0 Å². The van der Waals surface area contributed by atoms with E-state index < -0.39 is 0 Å². The lowest BCUT2D eigenvalue weighted by Gasteiger charge is -2.05. The molecule has 0 atom stereocenters. The Hall–Kier alpha value is -0.940. The van der Waals surface area contributed by atoms with Crippen molar-refractivity contribution in [1.29, 1.82) is 0 Å². The smallest absolute Gasteiger partial charge is 0.337 e. The maximum Gasteiger partial charge on any atom is 0.337 e. The van der Waals surface area contributed by atoms with Crippen molar-refractivity contribution in [2.75, 3.05) is 7.11 Å². The molecule has 1 aromatic carbocycles. The number of rotatable bonds is 3. The maximum atomic E-state index is 11.2. The van der Waals surface area contributed by atoms with Gasteiger partial charge in [0.2, 0.25) is 0 Å². The molecule has 0 aliphatic carbocycles. The molecule has 3 nitrogen and oxygen atoms in total. The topological polar surface area (TPSA) is 52.3 Å². The largest absolute Gasteiger partial charge is 0.465 e. The Labute approximate surface area is 102 Å². The van der Waals surface area contributed by atoms with Gasteiger partial charge in [-0.25, -0.2) is 4.79 Å². The minimum atomic E-state index is -0.363. The second-order valence-electron chi connectivity index (χ2n) is 2.94. The van der Waals surface area contributed by atoms with E-state index >= 15 is 0 Å². The fraction of sp³-hybridized carbons (Fsp3) is 0.200. The van der Waals surface area contributed by atoms with E-state index in [4.69, 9.17) is 18.0 Å². The van der Waals surface area contributed by atoms with E-state index in [0.29, 0.717) is 17.0 Å². The standard InChI is InChI=1S/C10H10BrNO2S/c1-14-10(13)7-3-2-6(5-9(12)15)8(11)4-7/h2-4H,5H2,1H3,(H2,12,15). The second-order valence-corrected chi connectivity index (χ2v) is 4.32. The molecule has 0 unspecified atom stereocenters. The molecule has 0 amide bonds. The van der Waals surface area contributed by atoms with Crippen LogP contribution in [0, 0.1) is 0 Å². The summed E-state index contributed by atoms with van der Waals surface area (Å²) in [4.78, 5) is 11.6. The van der Waals surface area contributed by atoms with Crippen LogP contribution in [0.15, 0.2) is 22.7 Å². The van der Waals surface area contributed by atoms with Crippen molar-refractivity contribution in [2.24, 2.45) is 5.73 Å². The van der Waals surface area contributed by atoms with Crippen molar-refractivity contribution in [3.63, 3.8) is 0 Å². The van der Waals surface area contributed by atoms with Crippen molar-refractivity contribution in [2.45, 2.75) is 6.42 Å². The summed E-state index contributed by atoms with van der Waals surface area (Å²) in [6.07, 6.45) is 0.511. The number of carbonyl (C=O) groups excluding carboxylic acids is 1. The number of benzene rings is 1. The predicted molar refractivity (Wildman–Crippen MR) is 66.0 cm³/mol. The highest BCUT2D eigenvalue weighted by atomic mass is 79.9. The Balaban J connectivity index is 2.97. The SMILES string of the molecule is COC(=O)c1ccc(CC(N)=S)c(Br)c1. The fourth-order valence-electron chi connectivity index (χ4n) is 1.12. The molecule has 80 valence electrons. The third-order valence-electron chi connectivity index (χ3n) is 1.84. The van der Waals surface area contributed by atoms with Crippen LogP contribution in [-0.4, -0.2) is 18.1 Å². The first kappa shape index (κ1) is 12.1. The summed E-state index contributed by atoms with van der Waals surface area (Å²) in [5.41, 5.74) is 6.89. The van der Waals surface area contributed by atoms with E-state index in [1.165, 1.54) is 7.11 Å². The summed E-state index contributed by atoms with van der Waals surface area (Å²) in [6.45, 7) is 0. The first-order chi connectivity index (χ1) is 7.04. The lowest BCUT2D eigenvalue weighted by Crippen LogP contribution is -2.11. The molecular formula is C10H10BrNO2S. The number of carbonyl (C=O) groups is 1. The minimum Gasteiger partial charge on any atom is -0.465 e. The van der Waals surface area contributed by atoms with Gasteiger partial charge in [0.05, 0.1) is 17.7 Å². The number of esters is 1. The molecular weight excluding hydrogens is 278 g/mol. The van der Waals surface area contributed by atoms with Crippen LogP contribution in [-0.2, 0) is 11.2 Å². The predicted octanol–water partition coefficient (Wildman–Crippen LogP) is 2.06. The number of methoxy groups -OCH3 is 1. The molecule has 0 heterocycles. The molecule has 1 rings (SSSR count). The molecule has 2 N–H and O–H groups in total. The highest BCUT2D eigenvalue weighted by molar-refractivity contribution is 9.10. The third kappa shape index (κ3) is 3.28. The number of nitrogens with two attached hydrogens (primary N) is 1. The third-order valence-corrected chi connectivity index (χ3v) is 2.72. The monoisotopic (exact) mass is 287 g/mol. The summed E-state index contributed by atoms with van der Waals surface area (Å²) < 4.78 is 5.41. The van der Waals surface area contributed by atoms with Crippen LogP contribution < -0.4 is 5.73 Å². The Kier molecular flexibility index (Phi) is 4.23. The van der Waals surface area contributed by atoms with Gasteiger partial charge in [-0.2, -0.15) is 0 Å². The second kappa shape index (κ2) is 5.23. The van der Waals surface area contributed by atoms with Crippen LogP contribution in [0.4, 0.5) is 0 Å². The normalized spacial score (nSPS) is 9.73. The molecule has 0 radical (unpaired) electrons.